The van der Waals surface area contributed by atoms with Gasteiger partial charge < -0.3 is 10.8 Å². The van der Waals surface area contributed by atoms with E-state index in [0.717, 1.165) is 0 Å². The Balaban J connectivity index is 3.67. The summed E-state index contributed by atoms with van der Waals surface area (Å²) < 4.78 is 0. The fourth-order valence-electron chi connectivity index (χ4n) is 0.598. The Hall–Kier alpha value is -0.830. The van der Waals surface area contributed by atoms with Gasteiger partial charge >= 0.3 is 5.97 Å². The summed E-state index contributed by atoms with van der Waals surface area (Å²) in [7, 11) is 0. The Bertz CT molecular complexity index is 134. The van der Waals surface area contributed by atoms with Crippen LogP contribution in [0.2, 0.25) is 0 Å². The topological polar surface area (TPSA) is 63.3 Å². The van der Waals surface area contributed by atoms with Crippen LogP contribution in [-0.2, 0) is 4.79 Å². The maximum Gasteiger partial charge on any atom is 0.320 e. The molecule has 0 saturated heterocycles. The highest BCUT2D eigenvalue weighted by atomic mass is 16.4. The summed E-state index contributed by atoms with van der Waals surface area (Å²) in [5.41, 5.74) is 5.25. The number of rotatable bonds is 4. The molecule has 0 amide bonds. The van der Waals surface area contributed by atoms with Crippen molar-refractivity contribution in [2.24, 2.45) is 11.7 Å². The number of carboxylic acid groups (broad SMARTS) is 1. The SMILES string of the molecule is C=CC(C)C[C@H](N)C(=O)O. The van der Waals surface area contributed by atoms with Gasteiger partial charge in [-0.15, -0.1) is 6.58 Å². The number of allylic oxidation sites excluding steroid dienone is 1. The summed E-state index contributed by atoms with van der Waals surface area (Å²) >= 11 is 0. The molecule has 0 aliphatic carbocycles. The van der Waals surface area contributed by atoms with Crippen LogP contribution in [0, 0.1) is 5.92 Å². The van der Waals surface area contributed by atoms with Crippen molar-refractivity contribution in [1.29, 1.82) is 0 Å². The molecule has 1 unspecified atom stereocenters. The first kappa shape index (κ1) is 9.17. The van der Waals surface area contributed by atoms with E-state index in [4.69, 9.17) is 10.8 Å². The van der Waals surface area contributed by atoms with Crippen molar-refractivity contribution in [1.82, 2.24) is 0 Å². The molecule has 0 aliphatic heterocycles. The molecule has 3 nitrogen and oxygen atoms in total. The summed E-state index contributed by atoms with van der Waals surface area (Å²) in [6.45, 7) is 5.41. The molecule has 3 heteroatoms. The third-order valence-electron chi connectivity index (χ3n) is 1.35. The lowest BCUT2D eigenvalue weighted by molar-refractivity contribution is -0.138. The quantitative estimate of drug-likeness (QED) is 0.567. The largest absolute Gasteiger partial charge is 0.480 e. The summed E-state index contributed by atoms with van der Waals surface area (Å²) in [6.07, 6.45) is 2.15. The van der Waals surface area contributed by atoms with Crippen LogP contribution < -0.4 is 5.73 Å². The van der Waals surface area contributed by atoms with Crippen LogP contribution in [0.25, 0.3) is 0 Å². The predicted octanol–water partition coefficient (Wildman–Crippen LogP) is 0.611. The van der Waals surface area contributed by atoms with Gasteiger partial charge in [-0.1, -0.05) is 13.0 Å². The third-order valence-corrected chi connectivity index (χ3v) is 1.35. The molecule has 3 N–H and O–H groups in total. The van der Waals surface area contributed by atoms with Gasteiger partial charge in [0.2, 0.25) is 0 Å². The molecule has 58 valence electrons. The maximum absolute atomic E-state index is 10.2. The van der Waals surface area contributed by atoms with E-state index in [1.165, 1.54) is 0 Å². The minimum Gasteiger partial charge on any atom is -0.480 e. The van der Waals surface area contributed by atoms with Crippen LogP contribution in [0.15, 0.2) is 12.7 Å². The van der Waals surface area contributed by atoms with Crippen molar-refractivity contribution in [2.45, 2.75) is 19.4 Å². The lowest BCUT2D eigenvalue weighted by Gasteiger charge is -2.08. The van der Waals surface area contributed by atoms with Crippen LogP contribution in [0.5, 0.6) is 0 Å². The molecule has 0 saturated carbocycles. The first-order chi connectivity index (χ1) is 4.57. The Morgan fingerprint density at radius 1 is 1.90 bits per heavy atom. The van der Waals surface area contributed by atoms with E-state index in [9.17, 15) is 4.79 Å². The number of aliphatic carboxylic acids is 1. The number of carboxylic acids is 1. The first-order valence-corrected chi connectivity index (χ1v) is 3.19. The molecule has 0 aromatic heterocycles. The van der Waals surface area contributed by atoms with E-state index in [2.05, 4.69) is 6.58 Å². The average molecular weight is 143 g/mol. The highest BCUT2D eigenvalue weighted by molar-refractivity contribution is 5.73. The van der Waals surface area contributed by atoms with Gasteiger partial charge in [0.1, 0.15) is 6.04 Å². The second kappa shape index (κ2) is 4.06. The van der Waals surface area contributed by atoms with Crippen molar-refractivity contribution in [3.05, 3.63) is 12.7 Å². The number of carbonyl (C=O) groups is 1. The van der Waals surface area contributed by atoms with E-state index < -0.39 is 12.0 Å². The van der Waals surface area contributed by atoms with Gasteiger partial charge in [-0.3, -0.25) is 4.79 Å². The molecule has 0 radical (unpaired) electrons. The Kier molecular flexibility index (Phi) is 3.72. The molecule has 10 heavy (non-hydrogen) atoms. The third kappa shape index (κ3) is 3.25. The average Bonchev–Trinajstić information content (AvgIpc) is 1.87. The Morgan fingerprint density at radius 3 is 2.70 bits per heavy atom. The summed E-state index contributed by atoms with van der Waals surface area (Å²) in [5.74, 6) is -0.778. The maximum atomic E-state index is 10.2. The van der Waals surface area contributed by atoms with Gasteiger partial charge in [0.05, 0.1) is 0 Å². The van der Waals surface area contributed by atoms with Crippen LogP contribution in [0.4, 0.5) is 0 Å². The van der Waals surface area contributed by atoms with Crippen molar-refractivity contribution in [3.63, 3.8) is 0 Å². The van der Waals surface area contributed by atoms with Crippen molar-refractivity contribution in [2.75, 3.05) is 0 Å². The van der Waals surface area contributed by atoms with Crippen LogP contribution in [0.1, 0.15) is 13.3 Å². The van der Waals surface area contributed by atoms with Gasteiger partial charge in [0, 0.05) is 0 Å². The second-order valence-electron chi connectivity index (χ2n) is 2.39. The molecule has 0 bridgehead atoms. The van der Waals surface area contributed by atoms with Gasteiger partial charge in [0.25, 0.3) is 0 Å². The molecular weight excluding hydrogens is 130 g/mol. The zero-order valence-corrected chi connectivity index (χ0v) is 6.08. The molecule has 0 aromatic carbocycles. The van der Waals surface area contributed by atoms with Gasteiger partial charge in [-0.2, -0.15) is 0 Å². The smallest absolute Gasteiger partial charge is 0.320 e. The standard InChI is InChI=1S/C7H13NO2/c1-3-5(2)4-6(8)7(9)10/h3,5-6H,1,4,8H2,2H3,(H,9,10)/t5?,6-/m0/s1. The molecule has 0 heterocycles. The normalized spacial score (nSPS) is 15.8. The minimum atomic E-state index is -0.950. The molecular formula is C7H13NO2. The van der Waals surface area contributed by atoms with Crippen molar-refractivity contribution in [3.8, 4) is 0 Å². The highest BCUT2D eigenvalue weighted by Crippen LogP contribution is 2.04. The zero-order valence-electron chi connectivity index (χ0n) is 6.08. The molecule has 0 aliphatic rings. The van der Waals surface area contributed by atoms with E-state index in [0.29, 0.717) is 6.42 Å². The van der Waals surface area contributed by atoms with Crippen LogP contribution in [0.3, 0.4) is 0 Å². The lowest BCUT2D eigenvalue weighted by atomic mass is 10.0. The Morgan fingerprint density at radius 2 is 2.40 bits per heavy atom. The van der Waals surface area contributed by atoms with Crippen LogP contribution >= 0.6 is 0 Å². The second-order valence-corrected chi connectivity index (χ2v) is 2.39. The van der Waals surface area contributed by atoms with Crippen LogP contribution in [-0.4, -0.2) is 17.1 Å². The minimum absolute atomic E-state index is 0.172. The summed E-state index contributed by atoms with van der Waals surface area (Å²) in [5, 5.41) is 8.37. The molecule has 0 spiro atoms. The molecule has 0 aromatic rings. The van der Waals surface area contributed by atoms with E-state index in [1.54, 1.807) is 6.08 Å². The van der Waals surface area contributed by atoms with E-state index in [-0.39, 0.29) is 5.92 Å². The van der Waals surface area contributed by atoms with Gasteiger partial charge in [-0.05, 0) is 12.3 Å². The van der Waals surface area contributed by atoms with Gasteiger partial charge in [-0.25, -0.2) is 0 Å². The fourth-order valence-corrected chi connectivity index (χ4v) is 0.598. The number of hydrogen-bond acceptors (Lipinski definition) is 2. The molecule has 0 rings (SSSR count). The highest BCUT2D eigenvalue weighted by Gasteiger charge is 2.12. The lowest BCUT2D eigenvalue weighted by Crippen LogP contribution is -2.31. The first-order valence-electron chi connectivity index (χ1n) is 3.19. The van der Waals surface area contributed by atoms with Crippen molar-refractivity contribution >= 4 is 5.97 Å². The number of nitrogens with two attached hydrogens (primary N) is 1. The summed E-state index contributed by atoms with van der Waals surface area (Å²) in [4.78, 5) is 10.2. The summed E-state index contributed by atoms with van der Waals surface area (Å²) in [6, 6.07) is -0.756. The fraction of sp³-hybridized carbons (Fsp3) is 0.571. The number of hydrogen-bond donors (Lipinski definition) is 2. The Labute approximate surface area is 60.5 Å². The predicted molar refractivity (Wildman–Crippen MR) is 39.6 cm³/mol. The molecule has 2 atom stereocenters. The zero-order chi connectivity index (χ0) is 8.15. The molecule has 0 fully saturated rings. The van der Waals surface area contributed by atoms with E-state index >= 15 is 0 Å². The van der Waals surface area contributed by atoms with E-state index in [1.807, 2.05) is 6.92 Å². The monoisotopic (exact) mass is 143 g/mol. The van der Waals surface area contributed by atoms with Crippen molar-refractivity contribution < 1.29 is 9.90 Å². The van der Waals surface area contributed by atoms with Gasteiger partial charge in [0.15, 0.2) is 0 Å².